The molecule has 0 fully saturated rings. The van der Waals surface area contributed by atoms with Crippen LogP contribution in [0.15, 0.2) is 12.1 Å². The second-order valence-corrected chi connectivity index (χ2v) is 3.72. The van der Waals surface area contributed by atoms with Gasteiger partial charge in [0.2, 0.25) is 0 Å². The van der Waals surface area contributed by atoms with Gasteiger partial charge in [0.15, 0.2) is 6.29 Å². The number of aromatic amines is 1. The molecule has 1 aromatic heterocycles. The maximum atomic E-state index is 10.9. The Morgan fingerprint density at radius 2 is 2.20 bits per heavy atom. The number of halogens is 1. The third-order valence-corrected chi connectivity index (χ3v) is 2.72. The maximum absolute atomic E-state index is 10.9. The van der Waals surface area contributed by atoms with Crippen LogP contribution in [0.2, 0.25) is 5.02 Å². The number of H-pyrrole nitrogens is 1. The first-order chi connectivity index (χ1) is 7.17. The fourth-order valence-corrected chi connectivity index (χ4v) is 1.90. The van der Waals surface area contributed by atoms with E-state index in [4.69, 9.17) is 16.3 Å². The highest BCUT2D eigenvalue weighted by Crippen LogP contribution is 2.31. The Balaban J connectivity index is 2.81. The topological polar surface area (TPSA) is 42.1 Å². The lowest BCUT2D eigenvalue weighted by atomic mass is 10.1. The molecule has 0 bridgehead atoms. The van der Waals surface area contributed by atoms with Crippen LogP contribution >= 0.6 is 11.6 Å². The molecular weight excluding hydrogens is 214 g/mol. The quantitative estimate of drug-likeness (QED) is 0.796. The summed E-state index contributed by atoms with van der Waals surface area (Å²) in [6.45, 7) is 1.85. The fraction of sp³-hybridized carbons (Fsp3) is 0.182. The summed E-state index contributed by atoms with van der Waals surface area (Å²) in [5.41, 5.74) is 2.34. The molecule has 15 heavy (non-hydrogen) atoms. The van der Waals surface area contributed by atoms with Gasteiger partial charge in [-0.15, -0.1) is 0 Å². The lowest BCUT2D eigenvalue weighted by Gasteiger charge is -2.02. The van der Waals surface area contributed by atoms with Gasteiger partial charge in [0.25, 0.3) is 0 Å². The first-order valence-corrected chi connectivity index (χ1v) is 4.86. The highest BCUT2D eigenvalue weighted by molar-refractivity contribution is 6.33. The van der Waals surface area contributed by atoms with Crippen LogP contribution < -0.4 is 4.74 Å². The van der Waals surface area contributed by atoms with Crippen molar-refractivity contribution in [3.8, 4) is 5.75 Å². The molecule has 1 aromatic carbocycles. The largest absolute Gasteiger partial charge is 0.495 e. The molecule has 2 aromatic rings. The number of rotatable bonds is 2. The average Bonchev–Trinajstić information content (AvgIpc) is 2.51. The van der Waals surface area contributed by atoms with Crippen LogP contribution in [0.5, 0.6) is 5.75 Å². The van der Waals surface area contributed by atoms with Crippen LogP contribution in [0.3, 0.4) is 0 Å². The van der Waals surface area contributed by atoms with Crippen molar-refractivity contribution in [1.29, 1.82) is 0 Å². The van der Waals surface area contributed by atoms with Crippen LogP contribution in [-0.2, 0) is 0 Å². The summed E-state index contributed by atoms with van der Waals surface area (Å²) in [6.07, 6.45) is 0.830. The molecule has 1 N–H and O–H groups in total. The SMILES string of the molecule is COc1cc2[nH]c(C)c(C=O)c2cc1Cl. The van der Waals surface area contributed by atoms with E-state index in [1.54, 1.807) is 19.2 Å². The fourth-order valence-electron chi connectivity index (χ4n) is 1.66. The second kappa shape index (κ2) is 3.59. The second-order valence-electron chi connectivity index (χ2n) is 3.31. The van der Waals surface area contributed by atoms with Gasteiger partial charge in [-0.05, 0) is 13.0 Å². The summed E-state index contributed by atoms with van der Waals surface area (Å²) < 4.78 is 5.10. The minimum Gasteiger partial charge on any atom is -0.495 e. The van der Waals surface area contributed by atoms with Crippen LogP contribution in [0, 0.1) is 6.92 Å². The number of hydrogen-bond acceptors (Lipinski definition) is 2. The van der Waals surface area contributed by atoms with Crippen molar-refractivity contribution in [3.05, 3.63) is 28.4 Å². The zero-order valence-corrected chi connectivity index (χ0v) is 9.18. The number of hydrogen-bond donors (Lipinski definition) is 1. The summed E-state index contributed by atoms with van der Waals surface area (Å²) in [4.78, 5) is 14.0. The van der Waals surface area contributed by atoms with Crippen molar-refractivity contribution < 1.29 is 9.53 Å². The predicted octanol–water partition coefficient (Wildman–Crippen LogP) is 2.95. The molecule has 1 heterocycles. The van der Waals surface area contributed by atoms with E-state index >= 15 is 0 Å². The van der Waals surface area contributed by atoms with Gasteiger partial charge in [-0.3, -0.25) is 4.79 Å². The number of aryl methyl sites for hydroxylation is 1. The molecule has 0 radical (unpaired) electrons. The van der Waals surface area contributed by atoms with Crippen molar-refractivity contribution in [2.75, 3.05) is 7.11 Å². The van der Waals surface area contributed by atoms with Gasteiger partial charge >= 0.3 is 0 Å². The molecule has 0 amide bonds. The molecule has 0 aliphatic carbocycles. The van der Waals surface area contributed by atoms with E-state index in [0.717, 1.165) is 22.9 Å². The summed E-state index contributed by atoms with van der Waals surface area (Å²) in [7, 11) is 1.56. The van der Waals surface area contributed by atoms with E-state index < -0.39 is 0 Å². The van der Waals surface area contributed by atoms with Crippen molar-refractivity contribution in [2.45, 2.75) is 6.92 Å². The Bertz CT molecular complexity index is 531. The monoisotopic (exact) mass is 223 g/mol. The first kappa shape index (κ1) is 10.1. The zero-order valence-electron chi connectivity index (χ0n) is 8.43. The molecular formula is C11H10ClNO2. The lowest BCUT2D eigenvalue weighted by molar-refractivity contribution is 0.112. The van der Waals surface area contributed by atoms with Gasteiger partial charge in [0.1, 0.15) is 5.75 Å². The third-order valence-electron chi connectivity index (χ3n) is 2.43. The third kappa shape index (κ3) is 1.49. The van der Waals surface area contributed by atoms with Crippen LogP contribution in [0.1, 0.15) is 16.1 Å². The Kier molecular flexibility index (Phi) is 2.40. The summed E-state index contributed by atoms with van der Waals surface area (Å²) in [5.74, 6) is 0.600. The maximum Gasteiger partial charge on any atom is 0.152 e. The Labute approximate surface area is 92.0 Å². The van der Waals surface area contributed by atoms with E-state index in [2.05, 4.69) is 4.98 Å². The number of ether oxygens (including phenoxy) is 1. The molecule has 0 aliphatic rings. The van der Waals surface area contributed by atoms with Gasteiger partial charge < -0.3 is 9.72 Å². The van der Waals surface area contributed by atoms with E-state index in [0.29, 0.717) is 16.3 Å². The molecule has 2 rings (SSSR count). The van der Waals surface area contributed by atoms with Crippen LogP contribution in [0.25, 0.3) is 10.9 Å². The molecule has 0 spiro atoms. The lowest BCUT2D eigenvalue weighted by Crippen LogP contribution is -1.84. The van der Waals surface area contributed by atoms with Gasteiger partial charge in [0.05, 0.1) is 17.6 Å². The minimum absolute atomic E-state index is 0.507. The molecule has 4 heteroatoms. The minimum atomic E-state index is 0.507. The number of benzene rings is 1. The molecule has 0 saturated heterocycles. The molecule has 0 unspecified atom stereocenters. The summed E-state index contributed by atoms with van der Waals surface area (Å²) in [5, 5.41) is 1.33. The molecule has 0 atom stereocenters. The van der Waals surface area contributed by atoms with Crippen molar-refractivity contribution in [1.82, 2.24) is 4.98 Å². The summed E-state index contributed by atoms with van der Waals surface area (Å²) >= 11 is 5.99. The highest BCUT2D eigenvalue weighted by Gasteiger charge is 2.10. The molecule has 3 nitrogen and oxygen atoms in total. The normalized spacial score (nSPS) is 10.6. The molecule has 78 valence electrons. The van der Waals surface area contributed by atoms with Crippen molar-refractivity contribution in [3.63, 3.8) is 0 Å². The van der Waals surface area contributed by atoms with E-state index in [9.17, 15) is 4.79 Å². The van der Waals surface area contributed by atoms with Crippen LogP contribution in [0.4, 0.5) is 0 Å². The van der Waals surface area contributed by atoms with Crippen molar-refractivity contribution >= 4 is 28.8 Å². The van der Waals surface area contributed by atoms with Crippen molar-refractivity contribution in [2.24, 2.45) is 0 Å². The predicted molar refractivity (Wildman–Crippen MR) is 60.0 cm³/mol. The first-order valence-electron chi connectivity index (χ1n) is 4.48. The van der Waals surface area contributed by atoms with Gasteiger partial charge in [-0.25, -0.2) is 0 Å². The van der Waals surface area contributed by atoms with E-state index in [1.165, 1.54) is 0 Å². The Morgan fingerprint density at radius 1 is 1.47 bits per heavy atom. The standard InChI is InChI=1S/C11H10ClNO2/c1-6-8(5-14)7-3-9(12)11(15-2)4-10(7)13-6/h3-5,13H,1-2H3. The number of carbonyl (C=O) groups is 1. The Morgan fingerprint density at radius 3 is 2.80 bits per heavy atom. The number of methoxy groups -OCH3 is 1. The number of nitrogens with one attached hydrogen (secondary N) is 1. The number of aromatic nitrogens is 1. The van der Waals surface area contributed by atoms with Gasteiger partial charge in [-0.1, -0.05) is 11.6 Å². The Hall–Kier alpha value is -1.48. The molecule has 0 saturated carbocycles. The molecule has 0 aliphatic heterocycles. The number of fused-ring (bicyclic) bond motifs is 1. The van der Waals surface area contributed by atoms with E-state index in [1.807, 2.05) is 6.92 Å². The average molecular weight is 224 g/mol. The smallest absolute Gasteiger partial charge is 0.152 e. The number of aldehydes is 1. The number of carbonyl (C=O) groups excluding carboxylic acids is 1. The van der Waals surface area contributed by atoms with Gasteiger partial charge in [0, 0.05) is 22.7 Å². The van der Waals surface area contributed by atoms with E-state index in [-0.39, 0.29) is 0 Å². The summed E-state index contributed by atoms with van der Waals surface area (Å²) in [6, 6.07) is 3.53. The highest BCUT2D eigenvalue weighted by atomic mass is 35.5. The van der Waals surface area contributed by atoms with Crippen LogP contribution in [-0.4, -0.2) is 18.4 Å². The zero-order chi connectivity index (χ0) is 11.0. The van der Waals surface area contributed by atoms with Gasteiger partial charge in [-0.2, -0.15) is 0 Å².